The Morgan fingerprint density at radius 1 is 1.15 bits per heavy atom. The van der Waals surface area contributed by atoms with Crippen molar-refractivity contribution in [3.05, 3.63) is 89.0 Å². The fraction of sp³-hybridized carbons (Fsp3) is 0.433. The van der Waals surface area contributed by atoms with Gasteiger partial charge in [0.05, 0.1) is 30.9 Å². The van der Waals surface area contributed by atoms with E-state index in [0.29, 0.717) is 30.4 Å². The highest BCUT2D eigenvalue weighted by atomic mass is 19.1. The Bertz CT molecular complexity index is 1340. The molecule has 9 nitrogen and oxygen atoms in total. The molecule has 0 unspecified atom stereocenters. The van der Waals surface area contributed by atoms with Gasteiger partial charge in [-0.1, -0.05) is 35.0 Å². The van der Waals surface area contributed by atoms with Crippen molar-refractivity contribution < 1.29 is 14.0 Å². The molecule has 2 N–H and O–H groups in total. The molecule has 40 heavy (non-hydrogen) atoms. The zero-order valence-corrected chi connectivity index (χ0v) is 22.6. The first kappa shape index (κ1) is 27.5. The highest BCUT2D eigenvalue weighted by Crippen LogP contribution is 2.40. The van der Waals surface area contributed by atoms with Gasteiger partial charge in [-0.05, 0) is 62.6 Å². The molecule has 0 radical (unpaired) electrons. The van der Waals surface area contributed by atoms with Crippen molar-refractivity contribution in [3.63, 3.8) is 0 Å². The van der Waals surface area contributed by atoms with Gasteiger partial charge in [0.2, 0.25) is 5.91 Å². The molecule has 1 aliphatic carbocycles. The lowest BCUT2D eigenvalue weighted by Gasteiger charge is -2.32. The normalized spacial score (nSPS) is 20.4. The first-order valence-electron chi connectivity index (χ1n) is 13.8. The number of nitrogens with one attached hydrogen (secondary N) is 2. The molecule has 2 fully saturated rings. The highest BCUT2D eigenvalue weighted by molar-refractivity contribution is 5.97. The first-order chi connectivity index (χ1) is 19.3. The first-order valence-corrected chi connectivity index (χ1v) is 13.8. The van der Waals surface area contributed by atoms with Crippen molar-refractivity contribution in [1.82, 2.24) is 30.5 Å². The molecule has 1 saturated heterocycles. The molecule has 3 aromatic rings. The quantitative estimate of drug-likeness (QED) is 0.230. The lowest BCUT2D eigenvalue weighted by Crippen LogP contribution is -2.52. The van der Waals surface area contributed by atoms with Crippen LogP contribution in [0.25, 0.3) is 10.5 Å². The summed E-state index contributed by atoms with van der Waals surface area (Å²) in [7, 11) is 0. The predicted molar refractivity (Wildman–Crippen MR) is 148 cm³/mol. The van der Waals surface area contributed by atoms with E-state index < -0.39 is 11.8 Å². The number of carbonyl (C=O) groups excluding carboxylic acids is 2. The standard InChI is InChI=1S/C30H34FN7O2/c1-21-5-7-22(8-6-21)25-20-27(25)33-15-3-4-26(29(40)37-17-13-30(31,32-2)14-18-37)35-28(39)23-9-11-24(12-10-23)38-19-16-34-36-38/h5-12,16,19,25-27,33H,3-4,13-15,17-18,20H2,1H3,(H,35,39)/t25-,26-,27+/m0/s1. The summed E-state index contributed by atoms with van der Waals surface area (Å²) < 4.78 is 16.0. The average molecular weight is 544 g/mol. The Kier molecular flexibility index (Phi) is 8.21. The summed E-state index contributed by atoms with van der Waals surface area (Å²) in [5.74, 6) is -1.99. The van der Waals surface area contributed by atoms with Crippen LogP contribution in [-0.2, 0) is 4.79 Å². The molecule has 0 spiro atoms. The van der Waals surface area contributed by atoms with Crippen LogP contribution in [0.15, 0.2) is 60.9 Å². The van der Waals surface area contributed by atoms with Crippen LogP contribution in [-0.4, -0.2) is 69.2 Å². The van der Waals surface area contributed by atoms with Crippen LogP contribution in [0.4, 0.5) is 4.39 Å². The minimum atomic E-state index is -1.91. The smallest absolute Gasteiger partial charge is 0.340 e. The molecule has 2 amide bonds. The molecule has 208 valence electrons. The van der Waals surface area contributed by atoms with E-state index in [0.717, 1.165) is 18.7 Å². The minimum Gasteiger partial charge on any atom is -0.340 e. The molecule has 5 rings (SSSR count). The van der Waals surface area contributed by atoms with E-state index in [1.54, 1.807) is 46.2 Å². The number of piperidine rings is 1. The van der Waals surface area contributed by atoms with Crippen molar-refractivity contribution in [2.24, 2.45) is 0 Å². The summed E-state index contributed by atoms with van der Waals surface area (Å²) >= 11 is 0. The molecule has 10 heteroatoms. The topological polar surface area (TPSA) is 96.5 Å². The van der Waals surface area contributed by atoms with E-state index >= 15 is 0 Å². The van der Waals surface area contributed by atoms with E-state index in [-0.39, 0.29) is 37.7 Å². The third-order valence-corrected chi connectivity index (χ3v) is 7.83. The number of hydrogen-bond donors (Lipinski definition) is 2. The molecule has 2 aliphatic rings. The van der Waals surface area contributed by atoms with Gasteiger partial charge < -0.3 is 15.5 Å². The summed E-state index contributed by atoms with van der Waals surface area (Å²) in [4.78, 5) is 31.3. The van der Waals surface area contributed by atoms with Gasteiger partial charge in [-0.2, -0.15) is 4.39 Å². The van der Waals surface area contributed by atoms with E-state index in [9.17, 15) is 14.0 Å². The van der Waals surface area contributed by atoms with Gasteiger partial charge in [0.25, 0.3) is 5.91 Å². The van der Waals surface area contributed by atoms with Crippen LogP contribution in [0.1, 0.15) is 59.5 Å². The van der Waals surface area contributed by atoms with Crippen molar-refractivity contribution in [1.29, 1.82) is 0 Å². The molecule has 0 bridgehead atoms. The fourth-order valence-corrected chi connectivity index (χ4v) is 5.21. The van der Waals surface area contributed by atoms with Gasteiger partial charge in [0.1, 0.15) is 6.04 Å². The number of hydrogen-bond acceptors (Lipinski definition) is 5. The number of aromatic nitrogens is 3. The molecule has 1 aromatic heterocycles. The third-order valence-electron chi connectivity index (χ3n) is 7.83. The number of carbonyl (C=O) groups is 2. The highest BCUT2D eigenvalue weighted by Gasteiger charge is 2.42. The van der Waals surface area contributed by atoms with Crippen molar-refractivity contribution in [2.45, 2.75) is 62.8 Å². The Labute approximate surface area is 233 Å². The van der Waals surface area contributed by atoms with Crippen molar-refractivity contribution in [3.8, 4) is 5.69 Å². The molecule has 1 saturated carbocycles. The van der Waals surface area contributed by atoms with Crippen LogP contribution in [0.3, 0.4) is 0 Å². The summed E-state index contributed by atoms with van der Waals surface area (Å²) in [6.07, 6.45) is 5.49. The lowest BCUT2D eigenvalue weighted by atomic mass is 10.0. The maximum atomic E-state index is 14.4. The summed E-state index contributed by atoms with van der Waals surface area (Å²) in [6, 6.07) is 15.2. The minimum absolute atomic E-state index is 0.0176. The number of nitrogens with zero attached hydrogens (tertiary/aromatic N) is 5. The number of alkyl halides is 1. The van der Waals surface area contributed by atoms with E-state index in [1.807, 2.05) is 0 Å². The Morgan fingerprint density at radius 2 is 1.88 bits per heavy atom. The number of amides is 2. The van der Waals surface area contributed by atoms with E-state index in [1.165, 1.54) is 11.1 Å². The number of halogens is 1. The summed E-state index contributed by atoms with van der Waals surface area (Å²) in [6.45, 7) is 10.2. The zero-order chi connectivity index (χ0) is 28.1. The van der Waals surface area contributed by atoms with Crippen molar-refractivity contribution >= 4 is 11.8 Å². The van der Waals surface area contributed by atoms with Crippen LogP contribution in [0.5, 0.6) is 0 Å². The number of aryl methyl sites for hydroxylation is 1. The Balaban J connectivity index is 1.18. The molecule has 1 aliphatic heterocycles. The zero-order valence-electron chi connectivity index (χ0n) is 22.6. The van der Waals surface area contributed by atoms with Gasteiger partial charge in [-0.15, -0.1) is 5.10 Å². The summed E-state index contributed by atoms with van der Waals surface area (Å²) in [5, 5.41) is 14.2. The van der Waals surface area contributed by atoms with E-state index in [4.69, 9.17) is 6.57 Å². The van der Waals surface area contributed by atoms with Gasteiger partial charge in [0, 0.05) is 30.6 Å². The molecular weight excluding hydrogens is 509 g/mol. The summed E-state index contributed by atoms with van der Waals surface area (Å²) in [5.41, 5.74) is 3.78. The molecule has 2 heterocycles. The number of benzene rings is 2. The largest absolute Gasteiger partial charge is 0.374 e. The predicted octanol–water partition coefficient (Wildman–Crippen LogP) is 3.81. The Hall–Kier alpha value is -4.10. The van der Waals surface area contributed by atoms with Gasteiger partial charge in [0.15, 0.2) is 0 Å². The Morgan fingerprint density at radius 3 is 2.52 bits per heavy atom. The lowest BCUT2D eigenvalue weighted by molar-refractivity contribution is -0.135. The molecule has 3 atom stereocenters. The van der Waals surface area contributed by atoms with Crippen LogP contribution in [0.2, 0.25) is 0 Å². The fourth-order valence-electron chi connectivity index (χ4n) is 5.21. The second kappa shape index (κ2) is 12.0. The number of rotatable bonds is 10. The van der Waals surface area contributed by atoms with Gasteiger partial charge in [-0.25, -0.2) is 11.3 Å². The molecule has 2 aromatic carbocycles. The maximum Gasteiger partial charge on any atom is 0.374 e. The molecular formula is C30H34FN7O2. The van der Waals surface area contributed by atoms with Crippen molar-refractivity contribution in [2.75, 3.05) is 19.6 Å². The van der Waals surface area contributed by atoms with E-state index in [2.05, 4.69) is 57.0 Å². The van der Waals surface area contributed by atoms with Crippen LogP contribution in [0, 0.1) is 13.5 Å². The maximum absolute atomic E-state index is 14.4. The average Bonchev–Trinajstić information content (AvgIpc) is 3.53. The second-order valence-corrected chi connectivity index (χ2v) is 10.7. The van der Waals surface area contributed by atoms with Crippen LogP contribution < -0.4 is 10.6 Å². The SMILES string of the molecule is [C-]#[N+]C1(F)CCN(C(=O)[C@H](CCCN[C@@H]2C[C@H]2c2ccc(C)cc2)NC(=O)c2ccc(-n3ccnn3)cc2)CC1. The van der Waals surface area contributed by atoms with Crippen LogP contribution >= 0.6 is 0 Å². The second-order valence-electron chi connectivity index (χ2n) is 10.7. The third kappa shape index (κ3) is 6.54. The van der Waals surface area contributed by atoms with Gasteiger partial charge in [-0.3, -0.25) is 14.4 Å². The van der Waals surface area contributed by atoms with Gasteiger partial charge >= 0.3 is 5.79 Å². The monoisotopic (exact) mass is 543 g/mol. The number of likely N-dealkylation sites (tertiary alicyclic amines) is 1.